The van der Waals surface area contributed by atoms with Gasteiger partial charge in [-0.25, -0.2) is 9.50 Å². The van der Waals surface area contributed by atoms with Crippen LogP contribution in [0.1, 0.15) is 0 Å². The van der Waals surface area contributed by atoms with Crippen molar-refractivity contribution >= 4 is 32.2 Å². The van der Waals surface area contributed by atoms with Crippen LogP contribution in [0.3, 0.4) is 0 Å². The smallest absolute Gasteiger partial charge is 0.206 e. The molecule has 0 unspecified atom stereocenters. The van der Waals surface area contributed by atoms with E-state index < -0.39 is 0 Å². The van der Waals surface area contributed by atoms with Crippen molar-refractivity contribution in [2.75, 3.05) is 0 Å². The predicted octanol–water partition coefficient (Wildman–Crippen LogP) is 4.89. The summed E-state index contributed by atoms with van der Waals surface area (Å²) >= 11 is 5.14. The summed E-state index contributed by atoms with van der Waals surface area (Å²) in [5.41, 5.74) is 3.41. The summed E-state index contributed by atoms with van der Waals surface area (Å²) in [6.45, 7) is 0. The number of fused-ring (bicyclic) bond motifs is 1. The average molecular weight is 356 g/mol. The van der Waals surface area contributed by atoms with E-state index in [-0.39, 0.29) is 0 Å². The predicted molar refractivity (Wildman–Crippen MR) is 89.4 cm³/mol. The maximum Gasteiger partial charge on any atom is 0.213 e. The lowest BCUT2D eigenvalue weighted by Crippen LogP contribution is -1.89. The highest BCUT2D eigenvalue weighted by Gasteiger charge is 2.17. The Morgan fingerprint density at radius 3 is 2.43 bits per heavy atom. The van der Waals surface area contributed by atoms with Gasteiger partial charge in [-0.05, 0) is 17.7 Å². The first-order chi connectivity index (χ1) is 10.3. The van der Waals surface area contributed by atoms with Crippen molar-refractivity contribution in [1.82, 2.24) is 14.6 Å². The number of rotatable bonds is 2. The molecule has 4 rings (SSSR count). The highest BCUT2D eigenvalue weighted by atomic mass is 79.9. The highest BCUT2D eigenvalue weighted by Crippen LogP contribution is 2.38. The number of aromatic nitrogens is 3. The van der Waals surface area contributed by atoms with Crippen molar-refractivity contribution in [1.29, 1.82) is 0 Å². The summed E-state index contributed by atoms with van der Waals surface area (Å²) in [4.78, 5) is 6.42. The standard InChI is InChI=1S/C16H10BrN3S/c17-13-8-6-12(7-9-13)15-14(11-4-2-1-3-5-11)20-16(21-15)18-10-19-20/h1-10H. The third kappa shape index (κ3) is 2.18. The fourth-order valence-corrected chi connectivity index (χ4v) is 3.66. The van der Waals surface area contributed by atoms with E-state index in [0.29, 0.717) is 0 Å². The molecule has 3 nitrogen and oxygen atoms in total. The molecule has 102 valence electrons. The minimum atomic E-state index is 0.909. The summed E-state index contributed by atoms with van der Waals surface area (Å²) < 4.78 is 2.99. The van der Waals surface area contributed by atoms with Gasteiger partial charge in [0.1, 0.15) is 6.33 Å². The number of thiazole rings is 1. The van der Waals surface area contributed by atoms with Gasteiger partial charge in [0.15, 0.2) is 0 Å². The molecular weight excluding hydrogens is 346 g/mol. The average Bonchev–Trinajstić information content (AvgIpc) is 3.09. The van der Waals surface area contributed by atoms with Gasteiger partial charge in [-0.2, -0.15) is 5.10 Å². The monoisotopic (exact) mass is 355 g/mol. The highest BCUT2D eigenvalue weighted by molar-refractivity contribution is 9.10. The largest absolute Gasteiger partial charge is 0.213 e. The molecule has 0 aliphatic rings. The maximum absolute atomic E-state index is 4.37. The van der Waals surface area contributed by atoms with Gasteiger partial charge in [-0.3, -0.25) is 0 Å². The number of halogens is 1. The summed E-state index contributed by atoms with van der Waals surface area (Å²) in [6, 6.07) is 18.6. The van der Waals surface area contributed by atoms with Crippen molar-refractivity contribution in [3.8, 4) is 21.7 Å². The summed E-state index contributed by atoms with van der Waals surface area (Å²) in [7, 11) is 0. The van der Waals surface area contributed by atoms with Crippen molar-refractivity contribution in [2.24, 2.45) is 0 Å². The minimum absolute atomic E-state index is 0.909. The molecule has 0 saturated carbocycles. The molecule has 2 aromatic heterocycles. The molecule has 0 aliphatic heterocycles. The molecule has 0 saturated heterocycles. The maximum atomic E-state index is 4.37. The summed E-state index contributed by atoms with van der Waals surface area (Å²) in [5.74, 6) is 0. The zero-order chi connectivity index (χ0) is 14.2. The van der Waals surface area contributed by atoms with Crippen LogP contribution >= 0.6 is 27.3 Å². The van der Waals surface area contributed by atoms with E-state index >= 15 is 0 Å². The molecule has 0 fully saturated rings. The molecule has 0 aliphatic carbocycles. The van der Waals surface area contributed by atoms with Crippen molar-refractivity contribution in [3.63, 3.8) is 0 Å². The molecule has 5 heteroatoms. The molecule has 0 atom stereocenters. The first-order valence-electron chi connectivity index (χ1n) is 6.47. The van der Waals surface area contributed by atoms with E-state index in [1.807, 2.05) is 22.7 Å². The fraction of sp³-hybridized carbons (Fsp3) is 0. The van der Waals surface area contributed by atoms with Crippen LogP contribution in [0.15, 0.2) is 65.4 Å². The van der Waals surface area contributed by atoms with E-state index in [2.05, 4.69) is 62.4 Å². The van der Waals surface area contributed by atoms with E-state index in [0.717, 1.165) is 20.7 Å². The Morgan fingerprint density at radius 2 is 1.67 bits per heavy atom. The van der Waals surface area contributed by atoms with Gasteiger partial charge in [-0.1, -0.05) is 69.7 Å². The van der Waals surface area contributed by atoms with Gasteiger partial charge in [0.25, 0.3) is 0 Å². The van der Waals surface area contributed by atoms with Crippen LogP contribution in [0.25, 0.3) is 26.7 Å². The molecule has 0 spiro atoms. The Kier molecular flexibility index (Phi) is 3.09. The van der Waals surface area contributed by atoms with E-state index in [1.54, 1.807) is 17.7 Å². The molecule has 0 bridgehead atoms. The third-order valence-corrected chi connectivity index (χ3v) is 4.91. The van der Waals surface area contributed by atoms with Gasteiger partial charge in [-0.15, -0.1) is 0 Å². The zero-order valence-electron chi connectivity index (χ0n) is 10.9. The minimum Gasteiger partial charge on any atom is -0.206 e. The summed E-state index contributed by atoms with van der Waals surface area (Å²) in [6.07, 6.45) is 1.60. The van der Waals surface area contributed by atoms with Gasteiger partial charge in [0.2, 0.25) is 4.96 Å². The second-order valence-electron chi connectivity index (χ2n) is 4.61. The topological polar surface area (TPSA) is 30.2 Å². The molecule has 4 aromatic rings. The first-order valence-corrected chi connectivity index (χ1v) is 8.08. The molecule has 0 amide bonds. The van der Waals surface area contributed by atoms with E-state index in [1.165, 1.54) is 10.4 Å². The Labute approximate surface area is 134 Å². The zero-order valence-corrected chi connectivity index (χ0v) is 13.3. The third-order valence-electron chi connectivity index (χ3n) is 3.29. The molecule has 0 radical (unpaired) electrons. The van der Waals surface area contributed by atoms with Crippen LogP contribution in [0.4, 0.5) is 0 Å². The van der Waals surface area contributed by atoms with Crippen LogP contribution in [0.5, 0.6) is 0 Å². The molecular formula is C16H10BrN3S. The molecule has 2 aromatic carbocycles. The van der Waals surface area contributed by atoms with Crippen LogP contribution in [0, 0.1) is 0 Å². The van der Waals surface area contributed by atoms with Crippen molar-refractivity contribution in [3.05, 3.63) is 65.4 Å². The Morgan fingerprint density at radius 1 is 0.905 bits per heavy atom. The van der Waals surface area contributed by atoms with Gasteiger partial charge >= 0.3 is 0 Å². The van der Waals surface area contributed by atoms with Gasteiger partial charge in [0, 0.05) is 10.0 Å². The van der Waals surface area contributed by atoms with Crippen LogP contribution in [-0.4, -0.2) is 14.6 Å². The van der Waals surface area contributed by atoms with Crippen LogP contribution in [-0.2, 0) is 0 Å². The number of benzene rings is 2. The quantitative estimate of drug-likeness (QED) is 0.512. The Balaban J connectivity index is 2.01. The van der Waals surface area contributed by atoms with Gasteiger partial charge in [0.05, 0.1) is 10.6 Å². The second-order valence-corrected chi connectivity index (χ2v) is 6.50. The normalized spacial score (nSPS) is 11.1. The number of hydrogen-bond donors (Lipinski definition) is 0. The Hall–Kier alpha value is -1.98. The number of nitrogens with zero attached hydrogens (tertiary/aromatic N) is 3. The van der Waals surface area contributed by atoms with Crippen molar-refractivity contribution in [2.45, 2.75) is 0 Å². The Bertz CT molecular complexity index is 894. The lowest BCUT2D eigenvalue weighted by molar-refractivity contribution is 0.985. The molecule has 0 N–H and O–H groups in total. The van der Waals surface area contributed by atoms with E-state index in [9.17, 15) is 0 Å². The second kappa shape index (κ2) is 5.09. The van der Waals surface area contributed by atoms with E-state index in [4.69, 9.17) is 0 Å². The SMILES string of the molecule is Brc1ccc(-c2sc3ncnn3c2-c2ccccc2)cc1. The molecule has 2 heterocycles. The van der Waals surface area contributed by atoms with Gasteiger partial charge < -0.3 is 0 Å². The number of hydrogen-bond acceptors (Lipinski definition) is 3. The first kappa shape index (κ1) is 12.7. The lowest BCUT2D eigenvalue weighted by atomic mass is 10.1. The fourth-order valence-electron chi connectivity index (χ4n) is 2.34. The molecule has 21 heavy (non-hydrogen) atoms. The lowest BCUT2D eigenvalue weighted by Gasteiger charge is -2.04. The van der Waals surface area contributed by atoms with Crippen molar-refractivity contribution < 1.29 is 0 Å². The summed E-state index contributed by atoms with van der Waals surface area (Å²) in [5, 5.41) is 4.37. The van der Waals surface area contributed by atoms with Crippen LogP contribution in [0.2, 0.25) is 0 Å². The van der Waals surface area contributed by atoms with Crippen LogP contribution < -0.4 is 0 Å².